The standard InChI is InChI=1S/C6H13N3O3.Na/c10-5-6-3-1-2-4-8(6)9(12)7-11;/h6,10-11H,1-5H2;/q;+1/p-1. The number of nitrogens with zero attached hydrogens (tertiary/aromatic N) is 3. The van der Waals surface area contributed by atoms with Gasteiger partial charge in [-0.2, -0.15) is 0 Å². The van der Waals surface area contributed by atoms with E-state index in [4.69, 9.17) is 5.11 Å². The number of rotatable bonds is 2. The Labute approximate surface area is 98.6 Å². The number of piperidine rings is 1. The van der Waals surface area contributed by atoms with E-state index in [1.165, 1.54) is 5.01 Å². The van der Waals surface area contributed by atoms with Gasteiger partial charge in [-0.1, -0.05) is 0 Å². The largest absolute Gasteiger partial charge is 1.00 e. The van der Waals surface area contributed by atoms with Gasteiger partial charge in [0, 0.05) is 4.97 Å². The van der Waals surface area contributed by atoms with E-state index < -0.39 is 0 Å². The number of hydrogen-bond donors (Lipinski definition) is 1. The minimum absolute atomic E-state index is 0. The van der Waals surface area contributed by atoms with Crippen molar-refractivity contribution in [2.45, 2.75) is 25.3 Å². The van der Waals surface area contributed by atoms with Crippen molar-refractivity contribution in [2.24, 2.45) is 5.28 Å². The third-order valence-corrected chi connectivity index (χ3v) is 2.10. The summed E-state index contributed by atoms with van der Waals surface area (Å²) in [5.74, 6) is 0. The van der Waals surface area contributed by atoms with Gasteiger partial charge in [0.25, 0.3) is 0 Å². The summed E-state index contributed by atoms with van der Waals surface area (Å²) in [5.41, 5.74) is 0. The normalized spacial score (nSPS) is 23.9. The molecule has 0 spiro atoms. The van der Waals surface area contributed by atoms with Crippen molar-refractivity contribution < 1.29 is 39.6 Å². The molecule has 1 unspecified atom stereocenters. The molecule has 0 bridgehead atoms. The van der Waals surface area contributed by atoms with E-state index in [1.54, 1.807) is 0 Å². The minimum Gasteiger partial charge on any atom is -0.737 e. The maximum absolute atomic E-state index is 10.8. The Hall–Kier alpha value is -0.0400. The summed E-state index contributed by atoms with van der Waals surface area (Å²) in [7, 11) is 0. The van der Waals surface area contributed by atoms with Crippen molar-refractivity contribution in [1.29, 1.82) is 0 Å². The first-order chi connectivity index (χ1) is 5.79. The molecule has 7 heteroatoms. The van der Waals surface area contributed by atoms with E-state index in [0.717, 1.165) is 19.3 Å². The molecule has 1 fully saturated rings. The van der Waals surface area contributed by atoms with E-state index in [2.05, 4.69) is 5.28 Å². The van der Waals surface area contributed by atoms with Crippen LogP contribution in [0.3, 0.4) is 0 Å². The Balaban J connectivity index is 0.00000144. The molecule has 0 aromatic heterocycles. The van der Waals surface area contributed by atoms with Crippen molar-refractivity contribution in [3.05, 3.63) is 10.4 Å². The van der Waals surface area contributed by atoms with Crippen LogP contribution < -0.4 is 29.6 Å². The molecule has 1 N–H and O–H groups in total. The first-order valence-corrected chi connectivity index (χ1v) is 3.97. The summed E-state index contributed by atoms with van der Waals surface area (Å²) in [6.07, 6.45) is 2.59. The first-order valence-electron chi connectivity index (χ1n) is 3.97. The van der Waals surface area contributed by atoms with Crippen LogP contribution in [0.25, 0.3) is 0 Å². The Kier molecular flexibility index (Phi) is 6.40. The molecular formula is C6H12N3NaO3. The van der Waals surface area contributed by atoms with Crippen LogP contribution in [0.4, 0.5) is 0 Å². The SMILES string of the molecule is [Na+].[O-]N=[N+]([O-])N1CCCCC1CO. The van der Waals surface area contributed by atoms with Gasteiger partial charge < -0.3 is 15.5 Å². The van der Waals surface area contributed by atoms with E-state index >= 15 is 0 Å². The average Bonchev–Trinajstić information content (AvgIpc) is 2.16. The molecule has 13 heavy (non-hydrogen) atoms. The maximum Gasteiger partial charge on any atom is 1.00 e. The number of aliphatic hydroxyl groups excluding tert-OH is 1. The smallest absolute Gasteiger partial charge is 0.737 e. The van der Waals surface area contributed by atoms with Crippen LogP contribution in [0.15, 0.2) is 5.28 Å². The Morgan fingerprint density at radius 1 is 1.54 bits per heavy atom. The summed E-state index contributed by atoms with van der Waals surface area (Å²) < 4.78 is 0. The van der Waals surface area contributed by atoms with Crippen LogP contribution in [0.5, 0.6) is 0 Å². The minimum atomic E-state index is -0.242. The molecule has 0 amide bonds. The molecule has 1 heterocycles. The van der Waals surface area contributed by atoms with Crippen molar-refractivity contribution in [1.82, 2.24) is 5.01 Å². The van der Waals surface area contributed by atoms with E-state index in [-0.39, 0.29) is 47.2 Å². The van der Waals surface area contributed by atoms with Crippen LogP contribution in [0.1, 0.15) is 19.3 Å². The molecule has 0 aromatic rings. The van der Waals surface area contributed by atoms with Crippen molar-refractivity contribution in [3.8, 4) is 0 Å². The molecule has 1 saturated heterocycles. The summed E-state index contributed by atoms with van der Waals surface area (Å²) in [5, 5.41) is 33.1. The van der Waals surface area contributed by atoms with E-state index in [0.29, 0.717) is 6.54 Å². The molecule has 1 rings (SSSR count). The summed E-state index contributed by atoms with van der Waals surface area (Å²) in [6, 6.07) is -0.242. The third-order valence-electron chi connectivity index (χ3n) is 2.10. The van der Waals surface area contributed by atoms with Crippen LogP contribution in [-0.2, 0) is 0 Å². The predicted octanol–water partition coefficient (Wildman–Crippen LogP) is -2.79. The van der Waals surface area contributed by atoms with Gasteiger partial charge in [-0.15, -0.1) is 5.01 Å². The summed E-state index contributed by atoms with van der Waals surface area (Å²) in [4.78, 5) is 0.0278. The monoisotopic (exact) mass is 197 g/mol. The van der Waals surface area contributed by atoms with E-state index in [9.17, 15) is 10.4 Å². The quantitative estimate of drug-likeness (QED) is 0.224. The summed E-state index contributed by atoms with van der Waals surface area (Å²) >= 11 is 0. The second-order valence-electron chi connectivity index (χ2n) is 2.83. The van der Waals surface area contributed by atoms with Crippen molar-refractivity contribution in [3.63, 3.8) is 0 Å². The molecule has 70 valence electrons. The van der Waals surface area contributed by atoms with Crippen LogP contribution in [0.2, 0.25) is 0 Å². The second-order valence-corrected chi connectivity index (χ2v) is 2.83. The number of hydrogen-bond acceptors (Lipinski definition) is 4. The predicted molar refractivity (Wildman–Crippen MR) is 40.9 cm³/mol. The van der Waals surface area contributed by atoms with Gasteiger partial charge in [0.15, 0.2) is 0 Å². The number of aliphatic hydroxyl groups is 1. The van der Waals surface area contributed by atoms with Gasteiger partial charge in [-0.25, -0.2) is 0 Å². The van der Waals surface area contributed by atoms with Gasteiger partial charge in [-0.3, -0.25) is 0 Å². The zero-order valence-electron chi connectivity index (χ0n) is 7.72. The molecule has 0 radical (unpaired) electrons. The van der Waals surface area contributed by atoms with Crippen molar-refractivity contribution >= 4 is 0 Å². The molecule has 0 aromatic carbocycles. The number of hydrazine groups is 1. The molecule has 0 aliphatic carbocycles. The fraction of sp³-hybridized carbons (Fsp3) is 1.00. The molecule has 1 aliphatic heterocycles. The average molecular weight is 197 g/mol. The van der Waals surface area contributed by atoms with Gasteiger partial charge in [0.05, 0.1) is 13.2 Å². The Morgan fingerprint density at radius 2 is 2.23 bits per heavy atom. The van der Waals surface area contributed by atoms with Crippen LogP contribution >= 0.6 is 0 Å². The molecule has 0 saturated carbocycles. The Morgan fingerprint density at radius 3 is 2.77 bits per heavy atom. The zero-order valence-corrected chi connectivity index (χ0v) is 9.72. The molecular weight excluding hydrogens is 185 g/mol. The molecule has 6 nitrogen and oxygen atoms in total. The Bertz CT molecular complexity index is 179. The topological polar surface area (TPSA) is 85.0 Å². The zero-order chi connectivity index (χ0) is 8.97. The van der Waals surface area contributed by atoms with Gasteiger partial charge in [0.2, 0.25) is 0 Å². The second kappa shape index (κ2) is 6.42. The molecule has 1 atom stereocenters. The fourth-order valence-electron chi connectivity index (χ4n) is 1.44. The first kappa shape index (κ1) is 13.0. The van der Waals surface area contributed by atoms with Crippen molar-refractivity contribution in [2.75, 3.05) is 13.2 Å². The van der Waals surface area contributed by atoms with Crippen LogP contribution in [-0.4, -0.2) is 34.3 Å². The fourth-order valence-corrected chi connectivity index (χ4v) is 1.44. The summed E-state index contributed by atoms with van der Waals surface area (Å²) in [6.45, 7) is 0.398. The van der Waals surface area contributed by atoms with E-state index in [1.807, 2.05) is 0 Å². The molecule has 1 aliphatic rings. The van der Waals surface area contributed by atoms with Gasteiger partial charge in [-0.05, 0) is 24.5 Å². The maximum atomic E-state index is 10.8. The van der Waals surface area contributed by atoms with Gasteiger partial charge >= 0.3 is 29.6 Å². The van der Waals surface area contributed by atoms with Crippen LogP contribution in [0, 0.1) is 10.4 Å². The third kappa shape index (κ3) is 3.30. The van der Waals surface area contributed by atoms with Gasteiger partial charge in [0.1, 0.15) is 6.04 Å².